The van der Waals surface area contributed by atoms with Crippen LogP contribution >= 0.6 is 0 Å². The average molecular weight is 349 g/mol. The summed E-state index contributed by atoms with van der Waals surface area (Å²) in [6, 6.07) is 14.0. The number of carboxylic acids is 1. The van der Waals surface area contributed by atoms with Gasteiger partial charge >= 0.3 is 5.97 Å². The summed E-state index contributed by atoms with van der Waals surface area (Å²) >= 11 is 0. The molecule has 0 aliphatic carbocycles. The Morgan fingerprint density at radius 1 is 1.08 bits per heavy atom. The second-order valence-electron chi connectivity index (χ2n) is 5.83. The standard InChI is InChI=1S/C20H15NO5/c1-12-8-13(20(22)23)2-5-16(12)17-7-4-15(26-17)10-21-14-3-6-18-19(9-14)25-11-24-18/h2-10H,11H2,1H3,(H,22,23). The highest BCUT2D eigenvalue weighted by molar-refractivity contribution is 5.89. The Labute approximate surface area is 149 Å². The lowest BCUT2D eigenvalue weighted by atomic mass is 10.0. The van der Waals surface area contributed by atoms with Gasteiger partial charge in [-0.15, -0.1) is 0 Å². The van der Waals surface area contributed by atoms with Crippen LogP contribution in [0.3, 0.4) is 0 Å². The van der Waals surface area contributed by atoms with E-state index >= 15 is 0 Å². The van der Waals surface area contributed by atoms with Gasteiger partial charge in [0.05, 0.1) is 17.5 Å². The molecule has 6 heteroatoms. The van der Waals surface area contributed by atoms with Crippen LogP contribution in [0.25, 0.3) is 11.3 Å². The molecule has 2 heterocycles. The molecule has 1 aromatic heterocycles. The molecule has 0 amide bonds. The van der Waals surface area contributed by atoms with E-state index in [2.05, 4.69) is 4.99 Å². The van der Waals surface area contributed by atoms with Crippen LogP contribution in [0.4, 0.5) is 5.69 Å². The van der Waals surface area contributed by atoms with Crippen molar-refractivity contribution in [1.29, 1.82) is 0 Å². The fourth-order valence-electron chi connectivity index (χ4n) is 2.74. The lowest BCUT2D eigenvalue weighted by Gasteiger charge is -2.03. The quantitative estimate of drug-likeness (QED) is 0.705. The van der Waals surface area contributed by atoms with E-state index in [-0.39, 0.29) is 12.4 Å². The summed E-state index contributed by atoms with van der Waals surface area (Å²) in [4.78, 5) is 15.4. The first-order chi connectivity index (χ1) is 12.6. The Balaban J connectivity index is 1.56. The Morgan fingerprint density at radius 2 is 1.92 bits per heavy atom. The van der Waals surface area contributed by atoms with Gasteiger partial charge in [-0.05, 0) is 48.9 Å². The lowest BCUT2D eigenvalue weighted by molar-refractivity contribution is 0.0696. The first-order valence-electron chi connectivity index (χ1n) is 7.98. The lowest BCUT2D eigenvalue weighted by Crippen LogP contribution is -1.96. The van der Waals surface area contributed by atoms with Crippen LogP contribution in [0, 0.1) is 6.92 Å². The third-order valence-corrected chi connectivity index (χ3v) is 4.06. The predicted octanol–water partition coefficient (Wildman–Crippen LogP) is 4.43. The molecule has 0 bridgehead atoms. The number of aryl methyl sites for hydroxylation is 1. The van der Waals surface area contributed by atoms with Gasteiger partial charge < -0.3 is 19.0 Å². The van der Waals surface area contributed by atoms with Crippen molar-refractivity contribution >= 4 is 17.9 Å². The van der Waals surface area contributed by atoms with Gasteiger partial charge in [-0.1, -0.05) is 6.07 Å². The van der Waals surface area contributed by atoms with Crippen molar-refractivity contribution in [3.63, 3.8) is 0 Å². The number of aromatic carboxylic acids is 1. The van der Waals surface area contributed by atoms with Crippen LogP contribution in [0.1, 0.15) is 21.7 Å². The van der Waals surface area contributed by atoms with Gasteiger partial charge in [-0.2, -0.15) is 0 Å². The topological polar surface area (TPSA) is 81.3 Å². The monoisotopic (exact) mass is 349 g/mol. The van der Waals surface area contributed by atoms with Gasteiger partial charge in [0.25, 0.3) is 0 Å². The largest absolute Gasteiger partial charge is 0.478 e. The Morgan fingerprint density at radius 3 is 2.73 bits per heavy atom. The number of carbonyl (C=O) groups is 1. The van der Waals surface area contributed by atoms with E-state index in [9.17, 15) is 4.79 Å². The molecule has 0 radical (unpaired) electrons. The van der Waals surface area contributed by atoms with E-state index in [4.69, 9.17) is 19.0 Å². The number of fused-ring (bicyclic) bond motifs is 1. The molecule has 0 atom stereocenters. The molecule has 1 aliphatic rings. The average Bonchev–Trinajstić information content (AvgIpc) is 3.28. The summed E-state index contributed by atoms with van der Waals surface area (Å²) < 4.78 is 16.4. The minimum atomic E-state index is -0.948. The van der Waals surface area contributed by atoms with E-state index in [1.165, 1.54) is 0 Å². The third kappa shape index (κ3) is 3.04. The number of nitrogens with zero attached hydrogens (tertiary/aromatic N) is 1. The van der Waals surface area contributed by atoms with Gasteiger partial charge in [-0.3, -0.25) is 4.99 Å². The van der Waals surface area contributed by atoms with E-state index in [1.54, 1.807) is 30.5 Å². The minimum Gasteiger partial charge on any atom is -0.478 e. The van der Waals surface area contributed by atoms with E-state index in [0.717, 1.165) is 16.8 Å². The number of rotatable bonds is 4. The van der Waals surface area contributed by atoms with Crippen molar-refractivity contribution < 1.29 is 23.8 Å². The van der Waals surface area contributed by atoms with Crippen LogP contribution in [-0.2, 0) is 0 Å². The van der Waals surface area contributed by atoms with Crippen molar-refractivity contribution in [3.8, 4) is 22.8 Å². The fraction of sp³-hybridized carbons (Fsp3) is 0.100. The Kier molecular flexibility index (Phi) is 3.93. The molecule has 0 saturated heterocycles. The summed E-state index contributed by atoms with van der Waals surface area (Å²) in [5.41, 5.74) is 2.66. The first-order valence-corrected chi connectivity index (χ1v) is 7.98. The number of ether oxygens (including phenoxy) is 2. The fourth-order valence-corrected chi connectivity index (χ4v) is 2.74. The zero-order chi connectivity index (χ0) is 18.1. The molecular formula is C20H15NO5. The molecule has 3 aromatic rings. The summed E-state index contributed by atoms with van der Waals surface area (Å²) in [5.74, 6) is 1.69. The molecule has 130 valence electrons. The molecule has 1 N–H and O–H groups in total. The molecule has 6 nitrogen and oxygen atoms in total. The number of hydrogen-bond donors (Lipinski definition) is 1. The van der Waals surface area contributed by atoms with Crippen LogP contribution in [0.5, 0.6) is 11.5 Å². The molecule has 0 fully saturated rings. The van der Waals surface area contributed by atoms with Gasteiger partial charge in [0, 0.05) is 11.6 Å². The van der Waals surface area contributed by atoms with Gasteiger partial charge in [0.1, 0.15) is 11.5 Å². The maximum absolute atomic E-state index is 11.0. The van der Waals surface area contributed by atoms with Crippen molar-refractivity contribution in [2.24, 2.45) is 4.99 Å². The second-order valence-corrected chi connectivity index (χ2v) is 5.83. The van der Waals surface area contributed by atoms with Gasteiger partial charge in [0.15, 0.2) is 11.5 Å². The normalized spacial score (nSPS) is 12.7. The van der Waals surface area contributed by atoms with Crippen LogP contribution in [-0.4, -0.2) is 24.1 Å². The van der Waals surface area contributed by atoms with Crippen molar-refractivity contribution in [2.75, 3.05) is 6.79 Å². The van der Waals surface area contributed by atoms with Crippen molar-refractivity contribution in [1.82, 2.24) is 0 Å². The number of benzene rings is 2. The summed E-state index contributed by atoms with van der Waals surface area (Å²) in [6.07, 6.45) is 1.63. The highest BCUT2D eigenvalue weighted by Crippen LogP contribution is 2.35. The van der Waals surface area contributed by atoms with Crippen LogP contribution < -0.4 is 9.47 Å². The predicted molar refractivity (Wildman–Crippen MR) is 95.7 cm³/mol. The first kappa shape index (κ1) is 16.0. The zero-order valence-corrected chi connectivity index (χ0v) is 13.9. The molecule has 0 saturated carbocycles. The zero-order valence-electron chi connectivity index (χ0n) is 13.9. The number of furan rings is 1. The molecule has 4 rings (SSSR count). The second kappa shape index (κ2) is 6.40. The highest BCUT2D eigenvalue weighted by atomic mass is 16.7. The Hall–Kier alpha value is -3.54. The van der Waals surface area contributed by atoms with Crippen molar-refractivity contribution in [3.05, 3.63) is 65.4 Å². The highest BCUT2D eigenvalue weighted by Gasteiger charge is 2.13. The van der Waals surface area contributed by atoms with Crippen LogP contribution in [0.2, 0.25) is 0 Å². The SMILES string of the molecule is Cc1cc(C(=O)O)ccc1-c1ccc(C=Nc2ccc3c(c2)OCO3)o1. The maximum Gasteiger partial charge on any atom is 0.335 e. The molecule has 1 aliphatic heterocycles. The smallest absolute Gasteiger partial charge is 0.335 e. The molecule has 0 unspecified atom stereocenters. The van der Waals surface area contributed by atoms with E-state index < -0.39 is 5.97 Å². The summed E-state index contributed by atoms with van der Waals surface area (Å²) in [7, 11) is 0. The molecule has 26 heavy (non-hydrogen) atoms. The van der Waals surface area contributed by atoms with Gasteiger partial charge in [-0.25, -0.2) is 4.79 Å². The molecular weight excluding hydrogens is 334 g/mol. The van der Waals surface area contributed by atoms with E-state index in [0.29, 0.717) is 23.0 Å². The number of hydrogen-bond acceptors (Lipinski definition) is 5. The summed E-state index contributed by atoms with van der Waals surface area (Å²) in [5, 5.41) is 9.05. The van der Waals surface area contributed by atoms with Crippen LogP contribution in [0.15, 0.2) is 57.9 Å². The third-order valence-electron chi connectivity index (χ3n) is 4.06. The summed E-state index contributed by atoms with van der Waals surface area (Å²) in [6.45, 7) is 2.08. The molecule has 2 aromatic carbocycles. The maximum atomic E-state index is 11.0. The number of carboxylic acid groups (broad SMARTS) is 1. The Bertz CT molecular complexity index is 1020. The van der Waals surface area contributed by atoms with E-state index in [1.807, 2.05) is 31.2 Å². The minimum absolute atomic E-state index is 0.226. The molecule has 0 spiro atoms. The number of aliphatic imine (C=N–C) groups is 1. The van der Waals surface area contributed by atoms with Crippen molar-refractivity contribution in [2.45, 2.75) is 6.92 Å². The van der Waals surface area contributed by atoms with Gasteiger partial charge in [0.2, 0.25) is 6.79 Å².